The normalized spacial score (nSPS) is 13.2. The van der Waals surface area contributed by atoms with Gasteiger partial charge in [0.05, 0.1) is 5.56 Å². The molecule has 0 spiro atoms. The molecule has 0 aromatic heterocycles. The number of thioether (sulfide) groups is 1. The summed E-state index contributed by atoms with van der Waals surface area (Å²) >= 11 is 1.41. The van der Waals surface area contributed by atoms with Crippen LogP contribution in [0.15, 0.2) is 18.2 Å². The molecule has 0 bridgehead atoms. The predicted octanol–water partition coefficient (Wildman–Crippen LogP) is 3.09. The topological polar surface area (TPSA) is 63.3 Å². The highest BCUT2D eigenvalue weighted by molar-refractivity contribution is 7.99. The van der Waals surface area contributed by atoms with Crippen molar-refractivity contribution in [3.05, 3.63) is 34.9 Å². The zero-order chi connectivity index (χ0) is 16.0. The third-order valence-electron chi connectivity index (χ3n) is 2.97. The maximum absolute atomic E-state index is 12.9. The van der Waals surface area contributed by atoms with Gasteiger partial charge < -0.3 is 10.8 Å². The molecule has 7 heteroatoms. The first-order chi connectivity index (χ1) is 9.71. The Kier molecular flexibility index (Phi) is 6.54. The SMILES string of the molecule is Cc1ccc(C(F)(F)F)c(CCSCCC(N)C(=O)O)c1. The van der Waals surface area contributed by atoms with Gasteiger partial charge >= 0.3 is 12.1 Å². The average Bonchev–Trinajstić information content (AvgIpc) is 2.36. The third kappa shape index (κ3) is 5.97. The number of benzene rings is 1. The van der Waals surface area contributed by atoms with Crippen LogP contribution < -0.4 is 5.73 Å². The van der Waals surface area contributed by atoms with Crippen LogP contribution in [0.25, 0.3) is 0 Å². The Morgan fingerprint density at radius 2 is 2.05 bits per heavy atom. The van der Waals surface area contributed by atoms with Crippen molar-refractivity contribution in [3.63, 3.8) is 0 Å². The number of aliphatic carboxylic acids is 1. The number of halogens is 3. The largest absolute Gasteiger partial charge is 0.480 e. The van der Waals surface area contributed by atoms with E-state index in [0.29, 0.717) is 24.3 Å². The first kappa shape index (κ1) is 17.8. The van der Waals surface area contributed by atoms with Crippen molar-refractivity contribution in [2.24, 2.45) is 5.73 Å². The maximum atomic E-state index is 12.9. The van der Waals surface area contributed by atoms with Gasteiger partial charge in [0, 0.05) is 0 Å². The van der Waals surface area contributed by atoms with Gasteiger partial charge in [0.1, 0.15) is 6.04 Å². The molecular weight excluding hydrogens is 303 g/mol. The fourth-order valence-electron chi connectivity index (χ4n) is 1.82. The summed E-state index contributed by atoms with van der Waals surface area (Å²) < 4.78 is 38.6. The van der Waals surface area contributed by atoms with E-state index < -0.39 is 23.8 Å². The molecule has 1 atom stereocenters. The summed E-state index contributed by atoms with van der Waals surface area (Å²) in [5, 5.41) is 8.61. The van der Waals surface area contributed by atoms with Crippen LogP contribution in [0.4, 0.5) is 13.2 Å². The molecule has 0 heterocycles. The van der Waals surface area contributed by atoms with Crippen LogP contribution >= 0.6 is 11.8 Å². The molecule has 21 heavy (non-hydrogen) atoms. The van der Waals surface area contributed by atoms with Gasteiger partial charge in [0.25, 0.3) is 0 Å². The minimum atomic E-state index is -4.35. The minimum absolute atomic E-state index is 0.275. The molecule has 0 aliphatic rings. The number of carboxylic acid groups (broad SMARTS) is 1. The average molecular weight is 321 g/mol. The van der Waals surface area contributed by atoms with Crippen molar-refractivity contribution in [2.45, 2.75) is 32.0 Å². The number of hydrogen-bond acceptors (Lipinski definition) is 3. The highest BCUT2D eigenvalue weighted by atomic mass is 32.2. The van der Waals surface area contributed by atoms with Crippen LogP contribution in [-0.4, -0.2) is 28.6 Å². The summed E-state index contributed by atoms with van der Waals surface area (Å²) in [5.74, 6) is -0.0480. The van der Waals surface area contributed by atoms with Gasteiger partial charge in [0.15, 0.2) is 0 Å². The lowest BCUT2D eigenvalue weighted by atomic mass is 10.0. The Bertz CT molecular complexity index is 492. The van der Waals surface area contributed by atoms with E-state index in [1.807, 2.05) is 0 Å². The van der Waals surface area contributed by atoms with Crippen molar-refractivity contribution in [3.8, 4) is 0 Å². The van der Waals surface area contributed by atoms with E-state index in [1.165, 1.54) is 17.8 Å². The molecule has 3 nitrogen and oxygen atoms in total. The molecule has 1 aromatic carbocycles. The lowest BCUT2D eigenvalue weighted by molar-refractivity contribution is -0.139. The second-order valence-electron chi connectivity index (χ2n) is 4.75. The van der Waals surface area contributed by atoms with Gasteiger partial charge in [-0.25, -0.2) is 0 Å². The van der Waals surface area contributed by atoms with Gasteiger partial charge in [-0.05, 0) is 42.9 Å². The Labute approximate surface area is 125 Å². The van der Waals surface area contributed by atoms with Crippen LogP contribution in [0.2, 0.25) is 0 Å². The van der Waals surface area contributed by atoms with E-state index in [-0.39, 0.29) is 5.56 Å². The van der Waals surface area contributed by atoms with Crippen molar-refractivity contribution >= 4 is 17.7 Å². The molecule has 1 rings (SSSR count). The number of hydrogen-bond donors (Lipinski definition) is 2. The third-order valence-corrected chi connectivity index (χ3v) is 3.99. The van der Waals surface area contributed by atoms with Gasteiger partial charge in [-0.15, -0.1) is 0 Å². The van der Waals surface area contributed by atoms with Crippen LogP contribution in [0.3, 0.4) is 0 Å². The van der Waals surface area contributed by atoms with Crippen molar-refractivity contribution in [2.75, 3.05) is 11.5 Å². The predicted molar refractivity (Wildman–Crippen MR) is 77.4 cm³/mol. The van der Waals surface area contributed by atoms with E-state index in [0.717, 1.165) is 11.6 Å². The molecule has 1 unspecified atom stereocenters. The van der Waals surface area contributed by atoms with Crippen LogP contribution in [-0.2, 0) is 17.4 Å². The second-order valence-corrected chi connectivity index (χ2v) is 5.98. The Morgan fingerprint density at radius 3 is 2.62 bits per heavy atom. The fourth-order valence-corrected chi connectivity index (χ4v) is 2.81. The van der Waals surface area contributed by atoms with Gasteiger partial charge in [-0.2, -0.15) is 24.9 Å². The van der Waals surface area contributed by atoms with Gasteiger partial charge in [-0.3, -0.25) is 4.79 Å². The van der Waals surface area contributed by atoms with Gasteiger partial charge in [-0.1, -0.05) is 17.7 Å². The van der Waals surface area contributed by atoms with E-state index in [2.05, 4.69) is 0 Å². The first-order valence-electron chi connectivity index (χ1n) is 6.44. The summed E-state index contributed by atoms with van der Waals surface area (Å²) in [6.45, 7) is 1.75. The van der Waals surface area contributed by atoms with E-state index in [1.54, 1.807) is 13.0 Å². The summed E-state index contributed by atoms with van der Waals surface area (Å²) in [6, 6.07) is 3.19. The monoisotopic (exact) mass is 321 g/mol. The molecule has 0 amide bonds. The Morgan fingerprint density at radius 1 is 1.38 bits per heavy atom. The number of rotatable bonds is 7. The molecule has 0 saturated heterocycles. The van der Waals surface area contributed by atoms with Crippen molar-refractivity contribution < 1.29 is 23.1 Å². The molecule has 0 aliphatic heterocycles. The molecule has 3 N–H and O–H groups in total. The second kappa shape index (κ2) is 7.70. The summed E-state index contributed by atoms with van der Waals surface area (Å²) in [4.78, 5) is 10.5. The highest BCUT2D eigenvalue weighted by Crippen LogP contribution is 2.33. The molecule has 1 aromatic rings. The number of nitrogens with two attached hydrogens (primary N) is 1. The lowest BCUT2D eigenvalue weighted by Crippen LogP contribution is -2.30. The van der Waals surface area contributed by atoms with E-state index in [9.17, 15) is 18.0 Å². The maximum Gasteiger partial charge on any atom is 0.416 e. The molecule has 0 aliphatic carbocycles. The molecule has 118 valence electrons. The Hall–Kier alpha value is -1.21. The molecule has 0 radical (unpaired) electrons. The first-order valence-corrected chi connectivity index (χ1v) is 7.60. The minimum Gasteiger partial charge on any atom is -0.480 e. The smallest absolute Gasteiger partial charge is 0.416 e. The van der Waals surface area contributed by atoms with Crippen molar-refractivity contribution in [1.29, 1.82) is 0 Å². The zero-order valence-electron chi connectivity index (χ0n) is 11.6. The summed E-state index contributed by atoms with van der Waals surface area (Å²) in [6.07, 6.45) is -3.75. The molecule has 0 fully saturated rings. The van der Waals surface area contributed by atoms with Crippen LogP contribution in [0.5, 0.6) is 0 Å². The highest BCUT2D eigenvalue weighted by Gasteiger charge is 2.32. The number of carbonyl (C=O) groups is 1. The van der Waals surface area contributed by atoms with Gasteiger partial charge in [0.2, 0.25) is 0 Å². The number of carboxylic acids is 1. The van der Waals surface area contributed by atoms with Crippen molar-refractivity contribution in [1.82, 2.24) is 0 Å². The fraction of sp³-hybridized carbons (Fsp3) is 0.500. The standard InChI is InChI=1S/C14H18F3NO2S/c1-9-2-3-11(14(15,16)17)10(8-9)4-6-21-7-5-12(18)13(19)20/h2-3,8,12H,4-7,18H2,1H3,(H,19,20). The number of alkyl halides is 3. The van der Waals surface area contributed by atoms with E-state index in [4.69, 9.17) is 10.8 Å². The quantitative estimate of drug-likeness (QED) is 0.758. The van der Waals surface area contributed by atoms with Crippen LogP contribution in [0.1, 0.15) is 23.1 Å². The summed E-state index contributed by atoms with van der Waals surface area (Å²) in [7, 11) is 0. The van der Waals surface area contributed by atoms with E-state index >= 15 is 0 Å². The number of aryl methyl sites for hydroxylation is 2. The molecule has 0 saturated carbocycles. The summed E-state index contributed by atoms with van der Waals surface area (Å²) in [5.41, 5.74) is 5.81. The molecular formula is C14H18F3NO2S. The lowest BCUT2D eigenvalue weighted by Gasteiger charge is -2.13. The zero-order valence-corrected chi connectivity index (χ0v) is 12.4. The Balaban J connectivity index is 2.52. The van der Waals surface area contributed by atoms with Crippen LogP contribution in [0, 0.1) is 6.92 Å².